The molecule has 2 heterocycles. The quantitative estimate of drug-likeness (QED) is 0.801. The summed E-state index contributed by atoms with van der Waals surface area (Å²) >= 11 is 0. The lowest BCUT2D eigenvalue weighted by molar-refractivity contribution is -0.142. The molecule has 1 unspecified atom stereocenters. The van der Waals surface area contributed by atoms with Gasteiger partial charge in [0.1, 0.15) is 10.6 Å². The molecule has 0 saturated carbocycles. The normalized spacial score (nSPS) is 18.5. The monoisotopic (exact) mass is 375 g/mol. The fourth-order valence-electron chi connectivity index (χ4n) is 2.02. The third-order valence-corrected chi connectivity index (χ3v) is 4.21. The maximum atomic E-state index is 13.1. The van der Waals surface area contributed by atoms with Crippen LogP contribution in [0.4, 0.5) is 22.0 Å². The topological polar surface area (TPSA) is 65.4 Å². The molecule has 1 N–H and O–H groups in total. The van der Waals surface area contributed by atoms with Gasteiger partial charge < -0.3 is 4.74 Å². The number of aromatic nitrogens is 2. The van der Waals surface area contributed by atoms with Crippen molar-refractivity contribution in [3.05, 3.63) is 22.4 Å². The van der Waals surface area contributed by atoms with Crippen molar-refractivity contribution in [2.24, 2.45) is 7.05 Å². The van der Waals surface area contributed by atoms with Gasteiger partial charge in [-0.05, 0) is 19.9 Å². The van der Waals surface area contributed by atoms with Gasteiger partial charge in [-0.15, -0.1) is 0 Å². The van der Waals surface area contributed by atoms with Gasteiger partial charge in [-0.2, -0.15) is 27.1 Å². The molecule has 0 aliphatic carbocycles. The number of hydrogen-bond acceptors (Lipinski definition) is 5. The Bertz CT molecular complexity index is 684. The van der Waals surface area contributed by atoms with Crippen molar-refractivity contribution < 1.29 is 35.7 Å². The minimum Gasteiger partial charge on any atom is -0.417 e. The standard InChI is InChI=1S/C12H14F5N3O3S/c1-11(2)4-7(19-23-11)24(21)5-6-8(12(15,16)17)18-20(3)9(6)22-10(13)14/h4,10,19H,5H2,1-3H3. The van der Waals surface area contributed by atoms with E-state index in [1.807, 2.05) is 0 Å². The molecule has 0 aromatic carbocycles. The molecule has 0 bridgehead atoms. The van der Waals surface area contributed by atoms with Crippen LogP contribution < -0.4 is 10.2 Å². The first-order valence-corrected chi connectivity index (χ1v) is 7.86. The van der Waals surface area contributed by atoms with Crippen LogP contribution in [0, 0.1) is 0 Å². The summed E-state index contributed by atoms with van der Waals surface area (Å²) in [5, 5.41) is 3.21. The van der Waals surface area contributed by atoms with Crippen LogP contribution in [0.3, 0.4) is 0 Å². The fourth-order valence-corrected chi connectivity index (χ4v) is 3.25. The molecular formula is C12H14F5N3O3S. The Kier molecular flexibility index (Phi) is 4.91. The van der Waals surface area contributed by atoms with E-state index in [4.69, 9.17) is 4.84 Å². The zero-order valence-electron chi connectivity index (χ0n) is 12.8. The molecule has 1 aliphatic heterocycles. The summed E-state index contributed by atoms with van der Waals surface area (Å²) in [6.45, 7) is -0.0682. The first-order chi connectivity index (χ1) is 10.9. The van der Waals surface area contributed by atoms with E-state index >= 15 is 0 Å². The molecular weight excluding hydrogens is 361 g/mol. The first-order valence-electron chi connectivity index (χ1n) is 6.54. The Balaban J connectivity index is 2.39. The van der Waals surface area contributed by atoms with E-state index < -0.39 is 52.1 Å². The Morgan fingerprint density at radius 1 is 1.46 bits per heavy atom. The van der Waals surface area contributed by atoms with Crippen molar-refractivity contribution in [2.45, 2.75) is 38.0 Å². The van der Waals surface area contributed by atoms with E-state index in [0.717, 1.165) is 7.05 Å². The Morgan fingerprint density at radius 2 is 2.08 bits per heavy atom. The predicted molar refractivity (Wildman–Crippen MR) is 73.1 cm³/mol. The molecule has 24 heavy (non-hydrogen) atoms. The van der Waals surface area contributed by atoms with Gasteiger partial charge in [0.05, 0.1) is 22.1 Å². The highest BCUT2D eigenvalue weighted by Crippen LogP contribution is 2.37. The second kappa shape index (κ2) is 6.31. The van der Waals surface area contributed by atoms with Crippen molar-refractivity contribution in [2.75, 3.05) is 0 Å². The zero-order chi connectivity index (χ0) is 18.3. The summed E-state index contributed by atoms with van der Waals surface area (Å²) in [7, 11) is -0.977. The van der Waals surface area contributed by atoms with Gasteiger partial charge in [0, 0.05) is 7.05 Å². The van der Waals surface area contributed by atoms with Gasteiger partial charge in [-0.25, -0.2) is 4.68 Å². The number of hydrogen-bond donors (Lipinski definition) is 1. The van der Waals surface area contributed by atoms with Crippen LogP contribution in [0.25, 0.3) is 0 Å². The average Bonchev–Trinajstić information content (AvgIpc) is 2.91. The predicted octanol–water partition coefficient (Wildman–Crippen LogP) is 2.44. The van der Waals surface area contributed by atoms with E-state index in [0.29, 0.717) is 4.68 Å². The van der Waals surface area contributed by atoms with Gasteiger partial charge >= 0.3 is 12.8 Å². The van der Waals surface area contributed by atoms with Gasteiger partial charge in [0.25, 0.3) is 0 Å². The SMILES string of the molecule is Cn1nc(C(F)(F)F)c(CS(=O)C2=CC(C)(C)ON2)c1OC(F)F. The maximum Gasteiger partial charge on any atom is 0.435 e. The number of alkyl halides is 5. The highest BCUT2D eigenvalue weighted by atomic mass is 32.2. The van der Waals surface area contributed by atoms with Crippen LogP contribution in [0.2, 0.25) is 0 Å². The lowest BCUT2D eigenvalue weighted by Gasteiger charge is -2.11. The number of rotatable bonds is 5. The van der Waals surface area contributed by atoms with E-state index in [9.17, 15) is 26.2 Å². The number of nitrogens with one attached hydrogen (secondary N) is 1. The summed E-state index contributed by atoms with van der Waals surface area (Å²) in [4.78, 5) is 5.08. The van der Waals surface area contributed by atoms with E-state index in [1.54, 1.807) is 13.8 Å². The Labute approximate surface area is 136 Å². The molecule has 136 valence electrons. The summed E-state index contributed by atoms with van der Waals surface area (Å²) in [5.74, 6) is -1.51. The van der Waals surface area contributed by atoms with Crippen LogP contribution in [-0.4, -0.2) is 26.2 Å². The molecule has 0 saturated heterocycles. The minimum atomic E-state index is -4.91. The van der Waals surface area contributed by atoms with Crippen LogP contribution >= 0.6 is 0 Å². The molecule has 0 radical (unpaired) electrons. The summed E-state index contributed by atoms with van der Waals surface area (Å²) < 4.78 is 81.0. The van der Waals surface area contributed by atoms with Crippen molar-refractivity contribution in [3.63, 3.8) is 0 Å². The second-order valence-electron chi connectivity index (χ2n) is 5.44. The van der Waals surface area contributed by atoms with Gasteiger partial charge in [-0.1, -0.05) is 0 Å². The van der Waals surface area contributed by atoms with Crippen molar-refractivity contribution in [1.29, 1.82) is 0 Å². The Hall–Kier alpha value is -1.69. The van der Waals surface area contributed by atoms with Crippen molar-refractivity contribution >= 4 is 10.8 Å². The van der Waals surface area contributed by atoms with Gasteiger partial charge in [0.15, 0.2) is 5.69 Å². The smallest absolute Gasteiger partial charge is 0.417 e. The highest BCUT2D eigenvalue weighted by molar-refractivity contribution is 7.88. The lowest BCUT2D eigenvalue weighted by Crippen LogP contribution is -2.21. The number of ether oxygens (including phenoxy) is 1. The summed E-state index contributed by atoms with van der Waals surface area (Å²) in [6, 6.07) is 0. The molecule has 2 rings (SSSR count). The van der Waals surface area contributed by atoms with Gasteiger partial charge in [-0.3, -0.25) is 14.5 Å². The number of halogens is 5. The molecule has 0 fully saturated rings. The second-order valence-corrected chi connectivity index (χ2v) is 6.86. The molecule has 1 atom stereocenters. The van der Waals surface area contributed by atoms with Crippen LogP contribution in [0.15, 0.2) is 11.1 Å². The first kappa shape index (κ1) is 18.6. The fraction of sp³-hybridized carbons (Fsp3) is 0.583. The molecule has 0 spiro atoms. The van der Waals surface area contributed by atoms with Crippen LogP contribution in [-0.2, 0) is 34.6 Å². The molecule has 12 heteroatoms. The summed E-state index contributed by atoms with van der Waals surface area (Å²) in [6.07, 6.45) is -3.48. The van der Waals surface area contributed by atoms with Crippen LogP contribution in [0.1, 0.15) is 25.1 Å². The third-order valence-electron chi connectivity index (χ3n) is 2.97. The zero-order valence-corrected chi connectivity index (χ0v) is 13.6. The maximum absolute atomic E-state index is 13.1. The number of nitrogens with zero attached hydrogens (tertiary/aromatic N) is 2. The molecule has 1 aromatic rings. The third kappa shape index (κ3) is 4.04. The number of aryl methyl sites for hydroxylation is 1. The van der Waals surface area contributed by atoms with Crippen molar-refractivity contribution in [1.82, 2.24) is 15.3 Å². The molecule has 6 nitrogen and oxygen atoms in total. The Morgan fingerprint density at radius 3 is 2.54 bits per heavy atom. The molecule has 1 aromatic heterocycles. The largest absolute Gasteiger partial charge is 0.435 e. The average molecular weight is 375 g/mol. The van der Waals surface area contributed by atoms with Crippen molar-refractivity contribution in [3.8, 4) is 5.88 Å². The lowest BCUT2D eigenvalue weighted by atomic mass is 10.1. The van der Waals surface area contributed by atoms with Crippen LogP contribution in [0.5, 0.6) is 5.88 Å². The molecule has 1 aliphatic rings. The van der Waals surface area contributed by atoms with E-state index in [1.165, 1.54) is 6.08 Å². The van der Waals surface area contributed by atoms with Gasteiger partial charge in [0.2, 0.25) is 5.88 Å². The minimum absolute atomic E-state index is 0.0416. The molecule has 0 amide bonds. The van der Waals surface area contributed by atoms with E-state index in [2.05, 4.69) is 15.3 Å². The highest BCUT2D eigenvalue weighted by Gasteiger charge is 2.41. The van der Waals surface area contributed by atoms with E-state index in [-0.39, 0.29) is 5.03 Å². The number of hydroxylamine groups is 1. The summed E-state index contributed by atoms with van der Waals surface area (Å²) in [5.41, 5.74) is -0.576.